The molecule has 0 saturated carbocycles. The summed E-state index contributed by atoms with van der Waals surface area (Å²) in [6, 6.07) is 21.6. The van der Waals surface area contributed by atoms with Crippen LogP contribution in [0.4, 0.5) is 0 Å². The lowest BCUT2D eigenvalue weighted by Gasteiger charge is -2.36. The second kappa shape index (κ2) is 8.26. The molecule has 2 heterocycles. The molecule has 0 bridgehead atoms. The van der Waals surface area contributed by atoms with Gasteiger partial charge in [0.2, 0.25) is 0 Å². The molecule has 142 valence electrons. The minimum Gasteiger partial charge on any atom is -0.497 e. The summed E-state index contributed by atoms with van der Waals surface area (Å²) in [6.45, 7) is 0.788. The Morgan fingerprint density at radius 1 is 1.04 bits per heavy atom. The van der Waals surface area contributed by atoms with Crippen molar-refractivity contribution in [2.75, 3.05) is 13.7 Å². The van der Waals surface area contributed by atoms with Crippen molar-refractivity contribution in [1.82, 2.24) is 9.88 Å². The fourth-order valence-corrected chi connectivity index (χ4v) is 3.82. The Hall–Kier alpha value is -3.14. The zero-order valence-electron chi connectivity index (χ0n) is 16.0. The molecule has 1 unspecified atom stereocenters. The predicted molar refractivity (Wildman–Crippen MR) is 110 cm³/mol. The van der Waals surface area contributed by atoms with Crippen molar-refractivity contribution in [3.05, 3.63) is 84.1 Å². The van der Waals surface area contributed by atoms with Crippen LogP contribution in [-0.4, -0.2) is 29.4 Å². The van der Waals surface area contributed by atoms with Crippen molar-refractivity contribution < 1.29 is 9.53 Å². The number of aromatic nitrogens is 1. The molecule has 1 fully saturated rings. The molecule has 1 atom stereocenters. The van der Waals surface area contributed by atoms with Crippen LogP contribution in [0.1, 0.15) is 41.2 Å². The molecular formula is C24H24N2O2. The Kier molecular flexibility index (Phi) is 5.38. The van der Waals surface area contributed by atoms with Gasteiger partial charge < -0.3 is 9.64 Å². The molecule has 4 rings (SSSR count). The van der Waals surface area contributed by atoms with E-state index in [0.29, 0.717) is 0 Å². The molecule has 2 aromatic carbocycles. The van der Waals surface area contributed by atoms with E-state index in [1.807, 2.05) is 71.8 Å². The summed E-state index contributed by atoms with van der Waals surface area (Å²) >= 11 is 0. The zero-order valence-corrected chi connectivity index (χ0v) is 16.0. The third-order valence-corrected chi connectivity index (χ3v) is 5.32. The number of amides is 1. The van der Waals surface area contributed by atoms with Crippen LogP contribution in [0.25, 0.3) is 11.3 Å². The normalized spacial score (nSPS) is 16.6. The number of pyridine rings is 1. The van der Waals surface area contributed by atoms with Crippen LogP contribution in [0, 0.1) is 0 Å². The van der Waals surface area contributed by atoms with Gasteiger partial charge in [0, 0.05) is 23.9 Å². The van der Waals surface area contributed by atoms with E-state index in [4.69, 9.17) is 4.74 Å². The largest absolute Gasteiger partial charge is 0.497 e. The van der Waals surface area contributed by atoms with Crippen LogP contribution in [-0.2, 0) is 0 Å². The van der Waals surface area contributed by atoms with E-state index in [0.717, 1.165) is 53.9 Å². The zero-order chi connectivity index (χ0) is 19.3. The predicted octanol–water partition coefficient (Wildman–Crippen LogP) is 5.12. The molecule has 4 nitrogen and oxygen atoms in total. The fourth-order valence-electron chi connectivity index (χ4n) is 3.82. The fraction of sp³-hybridized carbons (Fsp3) is 0.250. The van der Waals surface area contributed by atoms with Gasteiger partial charge in [-0.2, -0.15) is 0 Å². The van der Waals surface area contributed by atoms with Crippen molar-refractivity contribution in [3.8, 4) is 17.0 Å². The van der Waals surface area contributed by atoms with E-state index in [1.165, 1.54) is 0 Å². The standard InChI is InChI=1S/C24H24N2O2/c1-28-21-11-7-10-19(16-21)22-14-13-20(17-25-22)23-12-5-6-15-26(23)24(27)18-8-3-2-4-9-18/h2-4,7-11,13-14,16-17,23H,5-6,12,15H2,1H3. The monoisotopic (exact) mass is 372 g/mol. The van der Waals surface area contributed by atoms with Gasteiger partial charge in [0.15, 0.2) is 0 Å². The maximum absolute atomic E-state index is 13.0. The third-order valence-electron chi connectivity index (χ3n) is 5.32. The number of likely N-dealkylation sites (tertiary alicyclic amines) is 1. The highest BCUT2D eigenvalue weighted by Crippen LogP contribution is 2.33. The summed E-state index contributed by atoms with van der Waals surface area (Å²) in [5.41, 5.74) is 3.76. The maximum atomic E-state index is 13.0. The second-order valence-corrected chi connectivity index (χ2v) is 7.08. The minimum atomic E-state index is 0.0771. The van der Waals surface area contributed by atoms with Gasteiger partial charge in [-0.3, -0.25) is 9.78 Å². The number of hydrogen-bond acceptors (Lipinski definition) is 3. The summed E-state index contributed by atoms with van der Waals surface area (Å²) < 4.78 is 5.31. The highest BCUT2D eigenvalue weighted by Gasteiger charge is 2.28. The van der Waals surface area contributed by atoms with Crippen molar-refractivity contribution in [2.45, 2.75) is 25.3 Å². The maximum Gasteiger partial charge on any atom is 0.254 e. The SMILES string of the molecule is COc1cccc(-c2ccc(C3CCCCN3C(=O)c3ccccc3)cn2)c1. The lowest BCUT2D eigenvalue weighted by molar-refractivity contribution is 0.0611. The first-order valence-electron chi connectivity index (χ1n) is 9.72. The van der Waals surface area contributed by atoms with E-state index < -0.39 is 0 Å². The van der Waals surface area contributed by atoms with Crippen molar-refractivity contribution in [1.29, 1.82) is 0 Å². The Bertz CT molecular complexity index is 938. The number of carbonyl (C=O) groups is 1. The highest BCUT2D eigenvalue weighted by atomic mass is 16.5. The van der Waals surface area contributed by atoms with Gasteiger partial charge in [0.05, 0.1) is 18.8 Å². The average Bonchev–Trinajstić information content (AvgIpc) is 2.79. The summed E-state index contributed by atoms with van der Waals surface area (Å²) in [5.74, 6) is 0.914. The van der Waals surface area contributed by atoms with E-state index >= 15 is 0 Å². The molecule has 4 heteroatoms. The van der Waals surface area contributed by atoms with Crippen molar-refractivity contribution >= 4 is 5.91 Å². The molecule has 1 aliphatic heterocycles. The summed E-state index contributed by atoms with van der Waals surface area (Å²) in [7, 11) is 1.66. The van der Waals surface area contributed by atoms with E-state index in [-0.39, 0.29) is 11.9 Å². The average molecular weight is 372 g/mol. The molecule has 1 amide bonds. The summed E-state index contributed by atoms with van der Waals surface area (Å²) in [6.07, 6.45) is 5.06. The Morgan fingerprint density at radius 3 is 2.64 bits per heavy atom. The van der Waals surface area contributed by atoms with Gasteiger partial charge in [-0.25, -0.2) is 0 Å². The molecule has 1 saturated heterocycles. The first kappa shape index (κ1) is 18.2. The minimum absolute atomic E-state index is 0.0771. The van der Waals surface area contributed by atoms with Crippen molar-refractivity contribution in [2.24, 2.45) is 0 Å². The summed E-state index contributed by atoms with van der Waals surface area (Å²) in [5, 5.41) is 0. The molecule has 1 aromatic heterocycles. The van der Waals surface area contributed by atoms with Crippen LogP contribution in [0.15, 0.2) is 72.9 Å². The van der Waals surface area contributed by atoms with E-state index in [2.05, 4.69) is 11.1 Å². The number of nitrogens with zero attached hydrogens (tertiary/aromatic N) is 2. The van der Waals surface area contributed by atoms with Crippen LogP contribution in [0.3, 0.4) is 0 Å². The Labute approximate surface area is 165 Å². The van der Waals surface area contributed by atoms with Crippen molar-refractivity contribution in [3.63, 3.8) is 0 Å². The van der Waals surface area contributed by atoms with Crippen LogP contribution < -0.4 is 4.74 Å². The molecule has 3 aromatic rings. The van der Waals surface area contributed by atoms with Gasteiger partial charge in [-0.05, 0) is 55.2 Å². The molecule has 1 aliphatic rings. The van der Waals surface area contributed by atoms with Gasteiger partial charge in [0.1, 0.15) is 5.75 Å². The molecule has 0 N–H and O–H groups in total. The Morgan fingerprint density at radius 2 is 1.89 bits per heavy atom. The van der Waals surface area contributed by atoms with Gasteiger partial charge in [0.25, 0.3) is 5.91 Å². The number of ether oxygens (including phenoxy) is 1. The highest BCUT2D eigenvalue weighted by molar-refractivity contribution is 5.94. The van der Waals surface area contributed by atoms with Gasteiger partial charge in [-0.15, -0.1) is 0 Å². The lowest BCUT2D eigenvalue weighted by atomic mass is 9.95. The second-order valence-electron chi connectivity index (χ2n) is 7.08. The van der Waals surface area contributed by atoms with Crippen LogP contribution in [0.2, 0.25) is 0 Å². The molecule has 0 aliphatic carbocycles. The lowest BCUT2D eigenvalue weighted by Crippen LogP contribution is -2.38. The first-order valence-corrected chi connectivity index (χ1v) is 9.72. The number of piperidine rings is 1. The number of benzene rings is 2. The number of rotatable bonds is 4. The third kappa shape index (κ3) is 3.77. The first-order chi connectivity index (χ1) is 13.8. The summed E-state index contributed by atoms with van der Waals surface area (Å²) in [4.78, 5) is 19.7. The van der Waals surface area contributed by atoms with Gasteiger partial charge in [-0.1, -0.05) is 36.4 Å². The number of hydrogen-bond donors (Lipinski definition) is 0. The molecule has 28 heavy (non-hydrogen) atoms. The smallest absolute Gasteiger partial charge is 0.254 e. The quantitative estimate of drug-likeness (QED) is 0.638. The van der Waals surface area contributed by atoms with E-state index in [1.54, 1.807) is 7.11 Å². The molecular weight excluding hydrogens is 348 g/mol. The van der Waals surface area contributed by atoms with Crippen LogP contribution >= 0.6 is 0 Å². The van der Waals surface area contributed by atoms with E-state index in [9.17, 15) is 4.79 Å². The topological polar surface area (TPSA) is 42.4 Å². The Balaban J connectivity index is 1.58. The number of carbonyl (C=O) groups excluding carboxylic acids is 1. The number of methoxy groups -OCH3 is 1. The van der Waals surface area contributed by atoms with Gasteiger partial charge >= 0.3 is 0 Å². The van der Waals surface area contributed by atoms with Crippen LogP contribution in [0.5, 0.6) is 5.75 Å². The molecule has 0 radical (unpaired) electrons. The molecule has 0 spiro atoms.